The van der Waals surface area contributed by atoms with Gasteiger partial charge in [0.25, 0.3) is 5.91 Å². The summed E-state index contributed by atoms with van der Waals surface area (Å²) in [5.74, 6) is -0.474. The highest BCUT2D eigenvalue weighted by molar-refractivity contribution is 6.10. The van der Waals surface area contributed by atoms with Crippen molar-refractivity contribution in [2.45, 2.75) is 38.5 Å². The van der Waals surface area contributed by atoms with E-state index in [4.69, 9.17) is 0 Å². The van der Waals surface area contributed by atoms with E-state index >= 15 is 0 Å². The van der Waals surface area contributed by atoms with Crippen molar-refractivity contribution in [2.75, 3.05) is 49.1 Å². The first-order valence-electron chi connectivity index (χ1n) is 13.2. The number of halogens is 3. The van der Waals surface area contributed by atoms with E-state index in [1.807, 2.05) is 18.2 Å². The third kappa shape index (κ3) is 4.36. The number of alkyl halides is 3. The van der Waals surface area contributed by atoms with Gasteiger partial charge in [-0.05, 0) is 73.3 Å². The maximum Gasteiger partial charge on any atom is 0.416 e. The first-order valence-corrected chi connectivity index (χ1v) is 13.2. The van der Waals surface area contributed by atoms with E-state index in [0.29, 0.717) is 30.9 Å². The number of amides is 2. The molecule has 6 nitrogen and oxygen atoms in total. The second-order valence-electron chi connectivity index (χ2n) is 11.1. The minimum Gasteiger partial charge on any atom is -0.371 e. The summed E-state index contributed by atoms with van der Waals surface area (Å²) in [4.78, 5) is 32.9. The highest BCUT2D eigenvalue weighted by Crippen LogP contribution is 2.42. The van der Waals surface area contributed by atoms with Crippen LogP contribution < -0.4 is 9.80 Å². The fourth-order valence-electron chi connectivity index (χ4n) is 6.58. The smallest absolute Gasteiger partial charge is 0.371 e. The molecule has 1 spiro atoms. The van der Waals surface area contributed by atoms with Crippen LogP contribution in [0.1, 0.15) is 46.3 Å². The molecule has 0 N–H and O–H groups in total. The van der Waals surface area contributed by atoms with Gasteiger partial charge in [-0.2, -0.15) is 13.2 Å². The van der Waals surface area contributed by atoms with Gasteiger partial charge >= 0.3 is 6.18 Å². The lowest BCUT2D eigenvalue weighted by molar-refractivity contribution is -0.138. The molecule has 4 aliphatic heterocycles. The van der Waals surface area contributed by atoms with Crippen LogP contribution >= 0.6 is 0 Å². The van der Waals surface area contributed by atoms with Crippen molar-refractivity contribution in [1.29, 1.82) is 0 Å². The fourth-order valence-corrected chi connectivity index (χ4v) is 6.58. The lowest BCUT2D eigenvalue weighted by Gasteiger charge is -2.47. The normalized spacial score (nSPS) is 20.8. The fraction of sp³-hybridized carbons (Fsp3) is 0.448. The second kappa shape index (κ2) is 9.15. The van der Waals surface area contributed by atoms with E-state index in [-0.39, 0.29) is 34.9 Å². The molecule has 0 aromatic heterocycles. The topological polar surface area (TPSA) is 47.1 Å². The average molecular weight is 525 g/mol. The number of hydrogen-bond acceptors (Lipinski definition) is 4. The first kappa shape index (κ1) is 25.0. The number of likely N-dealkylation sites (tertiary alicyclic amines) is 2. The molecule has 6 rings (SSSR count). The van der Waals surface area contributed by atoms with Gasteiger partial charge in [-0.15, -0.1) is 0 Å². The van der Waals surface area contributed by atoms with Crippen LogP contribution in [0.2, 0.25) is 0 Å². The minimum atomic E-state index is -4.56. The molecule has 0 atom stereocenters. The Bertz CT molecular complexity index is 1300. The van der Waals surface area contributed by atoms with Crippen molar-refractivity contribution < 1.29 is 22.8 Å². The van der Waals surface area contributed by atoms with Gasteiger partial charge in [0.1, 0.15) is 0 Å². The molecule has 9 heteroatoms. The van der Waals surface area contributed by atoms with Gasteiger partial charge in [0.15, 0.2) is 0 Å². The molecule has 200 valence electrons. The molecule has 0 unspecified atom stereocenters. The Hall–Kier alpha value is -3.33. The lowest BCUT2D eigenvalue weighted by atomic mass is 9.79. The van der Waals surface area contributed by atoms with Crippen LogP contribution in [0.3, 0.4) is 0 Å². The molecule has 3 saturated heterocycles. The lowest BCUT2D eigenvalue weighted by Crippen LogP contribution is -2.59. The molecule has 0 bridgehead atoms. The molecule has 0 aliphatic carbocycles. The van der Waals surface area contributed by atoms with Gasteiger partial charge < -0.3 is 14.7 Å². The van der Waals surface area contributed by atoms with Crippen molar-refractivity contribution in [3.63, 3.8) is 0 Å². The number of carbonyl (C=O) groups is 2. The van der Waals surface area contributed by atoms with Crippen LogP contribution in [0.25, 0.3) is 0 Å². The van der Waals surface area contributed by atoms with Crippen LogP contribution in [0.5, 0.6) is 0 Å². The number of rotatable bonds is 5. The zero-order valence-corrected chi connectivity index (χ0v) is 21.3. The average Bonchev–Trinajstić information content (AvgIpc) is 3.62. The Morgan fingerprint density at radius 3 is 2.47 bits per heavy atom. The predicted molar refractivity (Wildman–Crippen MR) is 139 cm³/mol. The number of nitrogens with zero attached hydrogens (tertiary/aromatic N) is 4. The molecule has 4 aliphatic rings. The summed E-state index contributed by atoms with van der Waals surface area (Å²) in [6, 6.07) is 10.4. The summed E-state index contributed by atoms with van der Waals surface area (Å²) in [7, 11) is 0. The third-order valence-corrected chi connectivity index (χ3v) is 8.48. The number of anilines is 2. The van der Waals surface area contributed by atoms with Gasteiger partial charge in [0.05, 0.1) is 12.1 Å². The second-order valence-corrected chi connectivity index (χ2v) is 11.1. The number of benzene rings is 2. The largest absolute Gasteiger partial charge is 0.416 e. The maximum atomic E-state index is 14.2. The summed E-state index contributed by atoms with van der Waals surface area (Å²) in [5.41, 5.74) is 1.57. The van der Waals surface area contributed by atoms with Gasteiger partial charge in [-0.1, -0.05) is 12.6 Å². The number of hydrogen-bond donors (Lipinski definition) is 0. The Kier molecular flexibility index (Phi) is 6.01. The quantitative estimate of drug-likeness (QED) is 0.533. The first-order chi connectivity index (χ1) is 18.2. The molecular formula is C29H31F3N4O2. The van der Waals surface area contributed by atoms with Crippen LogP contribution in [0, 0.1) is 5.41 Å². The molecule has 2 amide bonds. The Balaban J connectivity index is 1.23. The molecule has 2 aromatic rings. The SMILES string of the molecule is C=CC(=O)N1CC2(CCN(Cc3cc4c(c(C(F)(F)F)c3)CN(c3cccc(N5CCCC5)c3)C4=O)C2)C1. The molecule has 4 heterocycles. The van der Waals surface area contributed by atoms with E-state index in [1.54, 1.807) is 17.0 Å². The molecule has 2 aromatic carbocycles. The molecule has 3 fully saturated rings. The van der Waals surface area contributed by atoms with E-state index in [9.17, 15) is 22.8 Å². The summed E-state index contributed by atoms with van der Waals surface area (Å²) >= 11 is 0. The van der Waals surface area contributed by atoms with Crippen molar-refractivity contribution in [1.82, 2.24) is 9.80 Å². The minimum absolute atomic E-state index is 0.00473. The molecule has 38 heavy (non-hydrogen) atoms. The summed E-state index contributed by atoms with van der Waals surface area (Å²) < 4.78 is 42.6. The Labute approximate surface area is 220 Å². The number of fused-ring (bicyclic) bond motifs is 1. The number of carbonyl (C=O) groups excluding carboxylic acids is 2. The monoisotopic (exact) mass is 524 g/mol. The standard InChI is InChI=1S/C29H31F3N4O2/c1-2-26(37)35-18-28(19-35)8-11-33(17-28)15-20-12-23-24(25(13-20)29(30,31)32)16-36(27(23)38)22-7-5-6-21(14-22)34-9-3-4-10-34/h2,5-7,12-14H,1,3-4,8-11,15-19H2. The van der Waals surface area contributed by atoms with Gasteiger partial charge in [-0.25, -0.2) is 0 Å². The van der Waals surface area contributed by atoms with Crippen molar-refractivity contribution in [3.8, 4) is 0 Å². The van der Waals surface area contributed by atoms with Crippen molar-refractivity contribution in [3.05, 3.63) is 71.3 Å². The molecule has 0 saturated carbocycles. The highest BCUT2D eigenvalue weighted by Gasteiger charge is 2.49. The zero-order chi connectivity index (χ0) is 26.7. The molecular weight excluding hydrogens is 493 g/mol. The Morgan fingerprint density at radius 2 is 1.76 bits per heavy atom. The van der Waals surface area contributed by atoms with Crippen LogP contribution in [0.15, 0.2) is 49.1 Å². The van der Waals surface area contributed by atoms with E-state index in [1.165, 1.54) is 17.0 Å². The van der Waals surface area contributed by atoms with Crippen LogP contribution in [0.4, 0.5) is 24.5 Å². The third-order valence-electron chi connectivity index (χ3n) is 8.48. The highest BCUT2D eigenvalue weighted by atomic mass is 19.4. The van der Waals surface area contributed by atoms with Crippen LogP contribution in [-0.4, -0.2) is 60.9 Å². The van der Waals surface area contributed by atoms with Gasteiger partial charge in [0.2, 0.25) is 5.91 Å². The summed E-state index contributed by atoms with van der Waals surface area (Å²) in [6.07, 6.45) is -0.130. The van der Waals surface area contributed by atoms with Crippen LogP contribution in [-0.2, 0) is 24.1 Å². The summed E-state index contributed by atoms with van der Waals surface area (Å²) in [5, 5.41) is 0. The maximum absolute atomic E-state index is 14.2. The predicted octanol–water partition coefficient (Wildman–Crippen LogP) is 4.69. The van der Waals surface area contributed by atoms with E-state index in [2.05, 4.69) is 16.4 Å². The van der Waals surface area contributed by atoms with Crippen molar-refractivity contribution >= 4 is 23.2 Å². The zero-order valence-electron chi connectivity index (χ0n) is 21.3. The summed E-state index contributed by atoms with van der Waals surface area (Å²) in [6.45, 7) is 8.43. The van der Waals surface area contributed by atoms with Crippen molar-refractivity contribution in [2.24, 2.45) is 5.41 Å². The molecule has 0 radical (unpaired) electrons. The van der Waals surface area contributed by atoms with Gasteiger partial charge in [0, 0.05) is 61.6 Å². The van der Waals surface area contributed by atoms with E-state index in [0.717, 1.165) is 51.1 Å². The Morgan fingerprint density at radius 1 is 1.03 bits per heavy atom. The van der Waals surface area contributed by atoms with E-state index < -0.39 is 11.7 Å². The van der Waals surface area contributed by atoms with Gasteiger partial charge in [-0.3, -0.25) is 14.5 Å².